The van der Waals surface area contributed by atoms with Gasteiger partial charge >= 0.3 is 5.97 Å². The number of rotatable bonds is 7. The molecule has 25 heavy (non-hydrogen) atoms. The van der Waals surface area contributed by atoms with Crippen LogP contribution in [-0.4, -0.2) is 24.3 Å². The summed E-state index contributed by atoms with van der Waals surface area (Å²) < 4.78 is 20.5. The normalized spacial score (nSPS) is 11.9. The lowest BCUT2D eigenvalue weighted by atomic mass is 10.1. The van der Waals surface area contributed by atoms with Crippen LogP contribution in [0, 0.1) is 6.92 Å². The molecule has 0 bridgehead atoms. The molecule has 2 N–H and O–H groups in total. The Labute approximate surface area is 162 Å². The van der Waals surface area contributed by atoms with Gasteiger partial charge in [0.1, 0.15) is 12.4 Å². The number of nitrogens with one attached hydrogen (secondary N) is 1. The number of benzene rings is 2. The maximum absolute atomic E-state index is 13.4. The van der Waals surface area contributed by atoms with Gasteiger partial charge in [-0.3, -0.25) is 0 Å². The van der Waals surface area contributed by atoms with Crippen LogP contribution in [0.15, 0.2) is 39.3 Å². The summed E-state index contributed by atoms with van der Waals surface area (Å²) >= 11 is 6.81. The average molecular weight is 475 g/mol. The summed E-state index contributed by atoms with van der Waals surface area (Å²) in [6.07, 6.45) is -2.13. The summed E-state index contributed by atoms with van der Waals surface area (Å²) in [5, 5.41) is 11.8. The number of carbonyl (C=O) groups is 1. The van der Waals surface area contributed by atoms with E-state index in [4.69, 9.17) is 9.84 Å². The number of carboxylic acid groups (broad SMARTS) is 1. The summed E-state index contributed by atoms with van der Waals surface area (Å²) in [4.78, 5) is 10.7. The molecule has 0 saturated carbocycles. The monoisotopic (exact) mass is 473 g/mol. The predicted octanol–water partition coefficient (Wildman–Crippen LogP) is 5.11. The molecule has 4 nitrogen and oxygen atoms in total. The molecule has 0 aliphatic carbocycles. The van der Waals surface area contributed by atoms with Gasteiger partial charge in [0.05, 0.1) is 8.95 Å². The van der Waals surface area contributed by atoms with Crippen LogP contribution in [0.3, 0.4) is 0 Å². The van der Waals surface area contributed by atoms with Gasteiger partial charge in [0.15, 0.2) is 0 Å². The first-order valence-corrected chi connectivity index (χ1v) is 9.14. The molecule has 0 aliphatic rings. The zero-order chi connectivity index (χ0) is 18.6. The van der Waals surface area contributed by atoms with Gasteiger partial charge in [-0.25, -0.2) is 9.18 Å². The van der Waals surface area contributed by atoms with Gasteiger partial charge in [-0.2, -0.15) is 0 Å². The fourth-order valence-electron chi connectivity index (χ4n) is 2.41. The third kappa shape index (κ3) is 5.44. The van der Waals surface area contributed by atoms with Crippen LogP contribution >= 0.6 is 31.9 Å². The van der Waals surface area contributed by atoms with E-state index >= 15 is 0 Å². The van der Waals surface area contributed by atoms with Crippen molar-refractivity contribution in [2.24, 2.45) is 0 Å². The summed E-state index contributed by atoms with van der Waals surface area (Å²) in [6.45, 7) is 2.38. The van der Waals surface area contributed by atoms with E-state index in [0.29, 0.717) is 26.9 Å². The molecule has 1 unspecified atom stereocenters. The van der Waals surface area contributed by atoms with Gasteiger partial charge in [-0.15, -0.1) is 0 Å². The Balaban J connectivity index is 2.15. The number of hydrogen-bond donors (Lipinski definition) is 2. The Kier molecular flexibility index (Phi) is 6.84. The van der Waals surface area contributed by atoms with Gasteiger partial charge < -0.3 is 15.2 Å². The molecule has 0 amide bonds. The predicted molar refractivity (Wildman–Crippen MR) is 103 cm³/mol. The lowest BCUT2D eigenvalue weighted by molar-refractivity contribution is -0.142. The van der Waals surface area contributed by atoms with Crippen molar-refractivity contribution < 1.29 is 19.0 Å². The minimum absolute atomic E-state index is 0.198. The van der Waals surface area contributed by atoms with Crippen LogP contribution in [0.2, 0.25) is 0 Å². The second-order valence-electron chi connectivity index (χ2n) is 5.64. The molecule has 1 atom stereocenters. The van der Waals surface area contributed by atoms with Crippen LogP contribution in [0.1, 0.15) is 16.7 Å². The van der Waals surface area contributed by atoms with E-state index in [0.717, 1.165) is 16.8 Å². The van der Waals surface area contributed by atoms with Crippen LogP contribution < -0.4 is 10.1 Å². The molecule has 2 aromatic carbocycles. The molecular weight excluding hydrogens is 457 g/mol. The van der Waals surface area contributed by atoms with E-state index in [1.54, 1.807) is 12.1 Å². The van der Waals surface area contributed by atoms with E-state index in [1.165, 1.54) is 0 Å². The van der Waals surface area contributed by atoms with Crippen molar-refractivity contribution in [1.82, 2.24) is 0 Å². The standard InChI is InChI=1S/C18H18Br2FNO3/c1-10-3-12(5-13(4-10)22-2)9-25-17-14(19)6-11(7-15(17)20)8-16(21)18(23)24/h3-7,16,22H,8-9H2,1-2H3,(H,23,24). The molecule has 0 spiro atoms. The van der Waals surface area contributed by atoms with E-state index in [9.17, 15) is 9.18 Å². The third-order valence-electron chi connectivity index (χ3n) is 3.55. The van der Waals surface area contributed by atoms with E-state index in [2.05, 4.69) is 37.2 Å². The molecule has 2 rings (SSSR count). The Morgan fingerprint density at radius 1 is 1.20 bits per heavy atom. The maximum Gasteiger partial charge on any atom is 0.338 e. The number of halogens is 3. The lowest BCUT2D eigenvalue weighted by Gasteiger charge is -2.14. The summed E-state index contributed by atoms with van der Waals surface area (Å²) in [5.74, 6) is -0.880. The number of anilines is 1. The topological polar surface area (TPSA) is 58.6 Å². The molecule has 134 valence electrons. The number of aryl methyl sites for hydroxylation is 1. The van der Waals surface area contributed by atoms with Gasteiger partial charge in [0.2, 0.25) is 6.17 Å². The van der Waals surface area contributed by atoms with Crippen molar-refractivity contribution in [3.05, 3.63) is 56.0 Å². The van der Waals surface area contributed by atoms with Crippen molar-refractivity contribution in [1.29, 1.82) is 0 Å². The Hall–Kier alpha value is -1.60. The fraction of sp³-hybridized carbons (Fsp3) is 0.278. The van der Waals surface area contributed by atoms with Crippen molar-refractivity contribution in [3.63, 3.8) is 0 Å². The van der Waals surface area contributed by atoms with E-state index in [-0.39, 0.29) is 6.42 Å². The number of alkyl halides is 1. The first kappa shape index (κ1) is 19.7. The van der Waals surface area contributed by atoms with Gasteiger partial charge in [0.25, 0.3) is 0 Å². The van der Waals surface area contributed by atoms with Gasteiger partial charge in [-0.1, -0.05) is 6.07 Å². The summed E-state index contributed by atoms with van der Waals surface area (Å²) in [6, 6.07) is 9.43. The van der Waals surface area contributed by atoms with Crippen LogP contribution in [-0.2, 0) is 17.8 Å². The minimum atomic E-state index is -1.93. The second-order valence-corrected chi connectivity index (χ2v) is 7.35. The molecule has 2 aromatic rings. The van der Waals surface area contributed by atoms with Crippen LogP contribution in [0.4, 0.5) is 10.1 Å². The first-order chi connectivity index (χ1) is 11.8. The maximum atomic E-state index is 13.4. The highest BCUT2D eigenvalue weighted by molar-refractivity contribution is 9.11. The fourth-order valence-corrected chi connectivity index (χ4v) is 3.92. The highest BCUT2D eigenvalue weighted by Crippen LogP contribution is 2.36. The zero-order valence-corrected chi connectivity index (χ0v) is 16.9. The van der Waals surface area contributed by atoms with Crippen molar-refractivity contribution in [2.45, 2.75) is 26.1 Å². The molecule has 0 radical (unpaired) electrons. The molecule has 0 heterocycles. The molecule has 0 aromatic heterocycles. The zero-order valence-electron chi connectivity index (χ0n) is 13.8. The largest absolute Gasteiger partial charge is 0.487 e. The third-order valence-corrected chi connectivity index (χ3v) is 4.73. The van der Waals surface area contributed by atoms with Crippen molar-refractivity contribution in [2.75, 3.05) is 12.4 Å². The number of carboxylic acids is 1. The van der Waals surface area contributed by atoms with Crippen molar-refractivity contribution in [3.8, 4) is 5.75 Å². The highest BCUT2D eigenvalue weighted by atomic mass is 79.9. The van der Waals surface area contributed by atoms with E-state index in [1.807, 2.05) is 32.2 Å². The highest BCUT2D eigenvalue weighted by Gasteiger charge is 2.18. The average Bonchev–Trinajstić information content (AvgIpc) is 2.53. The molecule has 7 heteroatoms. The van der Waals surface area contributed by atoms with Crippen LogP contribution in [0.25, 0.3) is 0 Å². The quantitative estimate of drug-likeness (QED) is 0.585. The first-order valence-electron chi connectivity index (χ1n) is 7.56. The molecule has 0 saturated heterocycles. The Bertz CT molecular complexity index is 760. The van der Waals surface area contributed by atoms with Crippen molar-refractivity contribution >= 4 is 43.5 Å². The second kappa shape index (κ2) is 8.67. The molecule has 0 fully saturated rings. The number of hydrogen-bond acceptors (Lipinski definition) is 3. The number of ether oxygens (including phenoxy) is 1. The molecule has 0 aliphatic heterocycles. The SMILES string of the molecule is CNc1cc(C)cc(COc2c(Br)cc(CC(F)C(=O)O)cc2Br)c1. The number of aliphatic carboxylic acids is 1. The lowest BCUT2D eigenvalue weighted by Crippen LogP contribution is -2.17. The summed E-state index contributed by atoms with van der Waals surface area (Å²) in [7, 11) is 1.86. The minimum Gasteiger partial charge on any atom is -0.487 e. The smallest absolute Gasteiger partial charge is 0.338 e. The van der Waals surface area contributed by atoms with Gasteiger partial charge in [-0.05, 0) is 79.7 Å². The Morgan fingerprint density at radius 3 is 2.40 bits per heavy atom. The molecular formula is C18H18Br2FNO3. The Morgan fingerprint density at radius 2 is 1.84 bits per heavy atom. The van der Waals surface area contributed by atoms with E-state index < -0.39 is 12.1 Å². The van der Waals surface area contributed by atoms with Crippen LogP contribution in [0.5, 0.6) is 5.75 Å². The summed E-state index contributed by atoms with van der Waals surface area (Å²) in [5.41, 5.74) is 3.72. The van der Waals surface area contributed by atoms with Gasteiger partial charge in [0, 0.05) is 19.2 Å².